The lowest BCUT2D eigenvalue weighted by atomic mass is 10.0. The number of aliphatic carboxylic acids is 1. The van der Waals surface area contributed by atoms with Crippen molar-refractivity contribution in [2.24, 2.45) is 5.92 Å². The molecule has 128 valence electrons. The minimum Gasteiger partial charge on any atom is -0.481 e. The molecule has 1 unspecified atom stereocenters. The lowest BCUT2D eigenvalue weighted by molar-refractivity contribution is -0.148. The van der Waals surface area contributed by atoms with Gasteiger partial charge in [0.1, 0.15) is 6.61 Å². The Morgan fingerprint density at radius 3 is 1.95 bits per heavy atom. The molecule has 0 aromatic carbocycles. The van der Waals surface area contributed by atoms with Gasteiger partial charge in [-0.2, -0.15) is 0 Å². The van der Waals surface area contributed by atoms with Gasteiger partial charge in [0.2, 0.25) is 0 Å². The van der Waals surface area contributed by atoms with Gasteiger partial charge < -0.3 is 9.84 Å². The van der Waals surface area contributed by atoms with Crippen molar-refractivity contribution < 1.29 is 19.4 Å². The average Bonchev–Trinajstić information content (AvgIpc) is 2.51. The van der Waals surface area contributed by atoms with E-state index in [0.29, 0.717) is 6.42 Å². The fourth-order valence-electron chi connectivity index (χ4n) is 2.40. The van der Waals surface area contributed by atoms with Gasteiger partial charge in [0.25, 0.3) is 0 Å². The van der Waals surface area contributed by atoms with Crippen LogP contribution in [0.2, 0.25) is 0 Å². The second-order valence-corrected chi connectivity index (χ2v) is 5.84. The van der Waals surface area contributed by atoms with E-state index in [1.807, 2.05) is 0 Å². The molecule has 0 aliphatic rings. The minimum atomic E-state index is -0.896. The zero-order valence-electron chi connectivity index (χ0n) is 14.0. The first-order valence-electron chi connectivity index (χ1n) is 8.63. The quantitative estimate of drug-likeness (QED) is 0.270. The maximum atomic E-state index is 11.1. The first-order chi connectivity index (χ1) is 10.6. The number of hydrogen-bond acceptors (Lipinski definition) is 3. The number of carbonyl (C=O) groups is 2. The molecule has 0 aliphatic heterocycles. The van der Waals surface area contributed by atoms with Crippen LogP contribution in [-0.4, -0.2) is 23.7 Å². The topological polar surface area (TPSA) is 63.6 Å². The molecule has 4 heteroatoms. The molecule has 0 amide bonds. The maximum Gasteiger partial charge on any atom is 0.330 e. The van der Waals surface area contributed by atoms with Crippen molar-refractivity contribution >= 4 is 11.9 Å². The van der Waals surface area contributed by atoms with Crippen LogP contribution in [0, 0.1) is 5.92 Å². The second kappa shape index (κ2) is 14.6. The van der Waals surface area contributed by atoms with Gasteiger partial charge in [-0.25, -0.2) is 4.79 Å². The van der Waals surface area contributed by atoms with Crippen molar-refractivity contribution in [2.75, 3.05) is 6.61 Å². The Hall–Kier alpha value is -1.32. The third-order valence-electron chi connectivity index (χ3n) is 3.85. The highest BCUT2D eigenvalue weighted by Gasteiger charge is 2.18. The van der Waals surface area contributed by atoms with Gasteiger partial charge in [-0.1, -0.05) is 77.7 Å². The standard InChI is InChI=1S/C18H32O4/c1-3-5-6-7-8-9-10-11-12-13-14-16(18(20)21)15-22-17(19)4-2/h4,16H,2-3,5-15H2,1H3,(H,20,21). The first kappa shape index (κ1) is 20.7. The monoisotopic (exact) mass is 312 g/mol. The lowest BCUT2D eigenvalue weighted by Crippen LogP contribution is -2.21. The Kier molecular flexibility index (Phi) is 13.7. The molecular formula is C18H32O4. The highest BCUT2D eigenvalue weighted by molar-refractivity contribution is 5.81. The van der Waals surface area contributed by atoms with E-state index in [4.69, 9.17) is 9.84 Å². The van der Waals surface area contributed by atoms with Crippen LogP contribution in [0.3, 0.4) is 0 Å². The molecular weight excluding hydrogens is 280 g/mol. The average molecular weight is 312 g/mol. The Bertz CT molecular complexity index is 312. The number of ether oxygens (including phenoxy) is 1. The van der Waals surface area contributed by atoms with Crippen molar-refractivity contribution in [1.82, 2.24) is 0 Å². The highest BCUT2D eigenvalue weighted by atomic mass is 16.5. The van der Waals surface area contributed by atoms with Gasteiger partial charge in [0.15, 0.2) is 0 Å². The molecule has 0 radical (unpaired) electrons. The van der Waals surface area contributed by atoms with Gasteiger partial charge >= 0.3 is 11.9 Å². The molecule has 0 heterocycles. The van der Waals surface area contributed by atoms with Crippen molar-refractivity contribution in [3.05, 3.63) is 12.7 Å². The van der Waals surface area contributed by atoms with Crippen LogP contribution >= 0.6 is 0 Å². The Labute approximate surface area is 134 Å². The zero-order valence-corrected chi connectivity index (χ0v) is 14.0. The molecule has 0 bridgehead atoms. The second-order valence-electron chi connectivity index (χ2n) is 5.84. The predicted octanol–water partition coefficient (Wildman–Crippen LogP) is 4.73. The van der Waals surface area contributed by atoms with E-state index < -0.39 is 17.9 Å². The summed E-state index contributed by atoms with van der Waals surface area (Å²) in [6.07, 6.45) is 13.8. The molecule has 1 atom stereocenters. The van der Waals surface area contributed by atoms with Gasteiger partial charge in [0, 0.05) is 6.08 Å². The molecule has 0 fully saturated rings. The van der Waals surface area contributed by atoms with Crippen LogP contribution in [0.15, 0.2) is 12.7 Å². The smallest absolute Gasteiger partial charge is 0.330 e. The maximum absolute atomic E-state index is 11.1. The van der Waals surface area contributed by atoms with Crippen LogP contribution in [0.5, 0.6) is 0 Å². The predicted molar refractivity (Wildman–Crippen MR) is 88.7 cm³/mol. The largest absolute Gasteiger partial charge is 0.481 e. The van der Waals surface area contributed by atoms with Crippen LogP contribution in [-0.2, 0) is 14.3 Å². The summed E-state index contributed by atoms with van der Waals surface area (Å²) >= 11 is 0. The minimum absolute atomic E-state index is 0.0579. The molecule has 0 aromatic rings. The SMILES string of the molecule is C=CC(=O)OCC(CCCCCCCCCCCC)C(=O)O. The molecule has 0 saturated heterocycles. The molecule has 22 heavy (non-hydrogen) atoms. The zero-order chi connectivity index (χ0) is 16.6. The van der Waals surface area contributed by atoms with E-state index in [9.17, 15) is 9.59 Å². The number of carboxylic acid groups (broad SMARTS) is 1. The molecule has 0 aromatic heterocycles. The molecule has 4 nitrogen and oxygen atoms in total. The highest BCUT2D eigenvalue weighted by Crippen LogP contribution is 2.14. The van der Waals surface area contributed by atoms with E-state index in [2.05, 4.69) is 13.5 Å². The van der Waals surface area contributed by atoms with Crippen LogP contribution in [0.25, 0.3) is 0 Å². The van der Waals surface area contributed by atoms with Crippen molar-refractivity contribution in [1.29, 1.82) is 0 Å². The van der Waals surface area contributed by atoms with E-state index in [0.717, 1.165) is 25.3 Å². The Morgan fingerprint density at radius 2 is 1.50 bits per heavy atom. The van der Waals surface area contributed by atoms with Crippen molar-refractivity contribution in [3.63, 3.8) is 0 Å². The summed E-state index contributed by atoms with van der Waals surface area (Å²) in [6.45, 7) is 5.46. The van der Waals surface area contributed by atoms with Gasteiger partial charge in [-0.15, -0.1) is 0 Å². The summed E-state index contributed by atoms with van der Waals surface area (Å²) in [7, 11) is 0. The summed E-state index contributed by atoms with van der Waals surface area (Å²) in [5, 5.41) is 9.09. The summed E-state index contributed by atoms with van der Waals surface area (Å²) in [5.74, 6) is -2.06. The first-order valence-corrected chi connectivity index (χ1v) is 8.63. The fourth-order valence-corrected chi connectivity index (χ4v) is 2.40. The third-order valence-corrected chi connectivity index (χ3v) is 3.85. The van der Waals surface area contributed by atoms with E-state index >= 15 is 0 Å². The molecule has 0 rings (SSSR count). The third kappa shape index (κ3) is 12.4. The number of carbonyl (C=O) groups excluding carboxylic acids is 1. The lowest BCUT2D eigenvalue weighted by Gasteiger charge is -2.11. The summed E-state index contributed by atoms with van der Waals surface area (Å²) in [4.78, 5) is 22.0. The van der Waals surface area contributed by atoms with Crippen LogP contribution < -0.4 is 0 Å². The number of carboxylic acids is 1. The number of rotatable bonds is 15. The van der Waals surface area contributed by atoms with Gasteiger partial charge in [0.05, 0.1) is 5.92 Å². The summed E-state index contributed by atoms with van der Waals surface area (Å²) in [5.41, 5.74) is 0. The molecule has 0 aliphatic carbocycles. The van der Waals surface area contributed by atoms with Crippen LogP contribution in [0.4, 0.5) is 0 Å². The van der Waals surface area contributed by atoms with Crippen molar-refractivity contribution in [3.8, 4) is 0 Å². The summed E-state index contributed by atoms with van der Waals surface area (Å²) < 4.78 is 4.82. The van der Waals surface area contributed by atoms with E-state index in [-0.39, 0.29) is 6.61 Å². The van der Waals surface area contributed by atoms with Gasteiger partial charge in [-0.3, -0.25) is 4.79 Å². The van der Waals surface area contributed by atoms with E-state index in [1.54, 1.807) is 0 Å². The molecule has 1 N–H and O–H groups in total. The Balaban J connectivity index is 3.54. The van der Waals surface area contributed by atoms with Gasteiger partial charge in [-0.05, 0) is 6.42 Å². The fraction of sp³-hybridized carbons (Fsp3) is 0.778. The normalized spacial score (nSPS) is 11.9. The van der Waals surface area contributed by atoms with Crippen LogP contribution in [0.1, 0.15) is 77.6 Å². The van der Waals surface area contributed by atoms with E-state index in [1.165, 1.54) is 44.9 Å². The number of unbranched alkanes of at least 4 members (excludes halogenated alkanes) is 9. The molecule has 0 spiro atoms. The number of esters is 1. The Morgan fingerprint density at radius 1 is 1.00 bits per heavy atom. The molecule has 0 saturated carbocycles. The van der Waals surface area contributed by atoms with Crippen molar-refractivity contribution in [2.45, 2.75) is 77.6 Å². The summed E-state index contributed by atoms with van der Waals surface area (Å²) in [6, 6.07) is 0. The number of hydrogen-bond donors (Lipinski definition) is 1.